The molecule has 3 nitrogen and oxygen atoms in total. The highest BCUT2D eigenvalue weighted by molar-refractivity contribution is 6.19. The minimum absolute atomic E-state index is 0.0744. The van der Waals surface area contributed by atoms with Crippen LogP contribution in [0.4, 0.5) is 0 Å². The summed E-state index contributed by atoms with van der Waals surface area (Å²) in [6.07, 6.45) is 1.80. The molecule has 0 aromatic heterocycles. The maximum absolute atomic E-state index is 11.2. The molecule has 0 heterocycles. The molecule has 1 aliphatic rings. The number of carbonyl (C=O) groups is 1. The fourth-order valence-electron chi connectivity index (χ4n) is 1.10. The molecule has 13 heavy (non-hydrogen) atoms. The Bertz CT molecular complexity index is 182. The van der Waals surface area contributed by atoms with Crippen LogP contribution in [0.15, 0.2) is 0 Å². The Morgan fingerprint density at radius 2 is 2.31 bits per heavy atom. The summed E-state index contributed by atoms with van der Waals surface area (Å²) < 4.78 is 0. The summed E-state index contributed by atoms with van der Waals surface area (Å²) in [4.78, 5) is 11.2. The van der Waals surface area contributed by atoms with Crippen molar-refractivity contribution in [3.8, 4) is 0 Å². The summed E-state index contributed by atoms with van der Waals surface area (Å²) in [6.45, 7) is 2.14. The molecule has 2 N–H and O–H groups in total. The van der Waals surface area contributed by atoms with Crippen LogP contribution in [-0.2, 0) is 4.79 Å². The number of hydrogen-bond donors (Lipinski definition) is 2. The van der Waals surface area contributed by atoms with Crippen molar-refractivity contribution in [3.63, 3.8) is 0 Å². The van der Waals surface area contributed by atoms with Gasteiger partial charge in [-0.15, -0.1) is 11.6 Å². The Labute approximate surface area is 83.5 Å². The molecule has 0 saturated heterocycles. The first-order valence-corrected chi connectivity index (χ1v) is 5.20. The van der Waals surface area contributed by atoms with Crippen molar-refractivity contribution < 1.29 is 9.90 Å². The molecule has 2 atom stereocenters. The van der Waals surface area contributed by atoms with Crippen LogP contribution in [-0.4, -0.2) is 29.5 Å². The minimum atomic E-state index is -0.369. The fourth-order valence-corrected chi connectivity index (χ4v) is 1.24. The van der Waals surface area contributed by atoms with Gasteiger partial charge in [0.05, 0.1) is 6.10 Å². The van der Waals surface area contributed by atoms with E-state index in [0.717, 1.165) is 12.8 Å². The lowest BCUT2D eigenvalue weighted by atomic mass is 10.2. The van der Waals surface area contributed by atoms with E-state index in [4.69, 9.17) is 11.6 Å². The second-order valence-electron chi connectivity index (χ2n) is 3.71. The Kier molecular flexibility index (Phi) is 4.00. The van der Waals surface area contributed by atoms with E-state index in [0.29, 0.717) is 18.3 Å². The molecule has 1 aliphatic carbocycles. The zero-order valence-corrected chi connectivity index (χ0v) is 8.55. The van der Waals surface area contributed by atoms with Crippen molar-refractivity contribution in [1.29, 1.82) is 0 Å². The van der Waals surface area contributed by atoms with Gasteiger partial charge in [0, 0.05) is 18.3 Å². The Balaban J connectivity index is 2.13. The molecule has 4 heteroatoms. The lowest BCUT2D eigenvalue weighted by Gasteiger charge is -2.12. The highest BCUT2D eigenvalue weighted by Crippen LogP contribution is 2.32. The summed E-state index contributed by atoms with van der Waals surface area (Å²) in [6, 6.07) is 0. The van der Waals surface area contributed by atoms with Crippen LogP contribution in [0.25, 0.3) is 0 Å². The van der Waals surface area contributed by atoms with E-state index in [1.54, 1.807) is 6.92 Å². The number of amides is 1. The molecule has 0 aromatic rings. The van der Waals surface area contributed by atoms with E-state index in [9.17, 15) is 9.90 Å². The van der Waals surface area contributed by atoms with E-state index in [2.05, 4.69) is 5.32 Å². The number of nitrogens with one attached hydrogen (secondary N) is 1. The number of hydrogen-bond acceptors (Lipinski definition) is 2. The van der Waals surface area contributed by atoms with Crippen molar-refractivity contribution >= 4 is 17.5 Å². The summed E-state index contributed by atoms with van der Waals surface area (Å²) >= 11 is 5.51. The van der Waals surface area contributed by atoms with E-state index in [1.807, 2.05) is 0 Å². The second kappa shape index (κ2) is 4.82. The van der Waals surface area contributed by atoms with Gasteiger partial charge in [-0.2, -0.15) is 0 Å². The van der Waals surface area contributed by atoms with Crippen molar-refractivity contribution in [3.05, 3.63) is 0 Å². The van der Waals surface area contributed by atoms with Crippen LogP contribution >= 0.6 is 11.6 Å². The Morgan fingerprint density at radius 3 is 2.77 bits per heavy atom. The standard InChI is InChI=1S/C9H16ClNO2/c1-6(4-10)9(13)11-5-8(12)7-2-3-7/h6-8,12H,2-5H2,1H3,(H,11,13). The average Bonchev–Trinajstić information content (AvgIpc) is 2.95. The van der Waals surface area contributed by atoms with Gasteiger partial charge in [-0.1, -0.05) is 6.92 Å². The predicted molar refractivity (Wildman–Crippen MR) is 51.6 cm³/mol. The average molecular weight is 206 g/mol. The molecular weight excluding hydrogens is 190 g/mol. The number of carbonyl (C=O) groups excluding carboxylic acids is 1. The SMILES string of the molecule is CC(CCl)C(=O)NCC(O)C1CC1. The fraction of sp³-hybridized carbons (Fsp3) is 0.889. The number of alkyl halides is 1. The Morgan fingerprint density at radius 1 is 1.69 bits per heavy atom. The summed E-state index contributed by atoms with van der Waals surface area (Å²) in [5.74, 6) is 0.486. The quantitative estimate of drug-likeness (QED) is 0.651. The Hall–Kier alpha value is -0.280. The van der Waals surface area contributed by atoms with Crippen LogP contribution in [0, 0.1) is 11.8 Å². The maximum atomic E-state index is 11.2. The van der Waals surface area contributed by atoms with E-state index in [-0.39, 0.29) is 17.9 Å². The van der Waals surface area contributed by atoms with Crippen molar-refractivity contribution in [2.75, 3.05) is 12.4 Å². The molecule has 2 unspecified atom stereocenters. The van der Waals surface area contributed by atoms with Gasteiger partial charge < -0.3 is 10.4 Å². The first-order chi connectivity index (χ1) is 6.15. The molecule has 1 amide bonds. The summed E-state index contributed by atoms with van der Waals surface area (Å²) in [5.41, 5.74) is 0. The number of halogens is 1. The van der Waals surface area contributed by atoms with Crippen molar-refractivity contribution in [2.45, 2.75) is 25.9 Å². The predicted octanol–water partition coefficient (Wildman–Crippen LogP) is 0.748. The number of aliphatic hydroxyl groups is 1. The van der Waals surface area contributed by atoms with Gasteiger partial charge >= 0.3 is 0 Å². The van der Waals surface area contributed by atoms with E-state index < -0.39 is 0 Å². The third-order valence-electron chi connectivity index (χ3n) is 2.33. The molecule has 0 spiro atoms. The number of rotatable bonds is 5. The van der Waals surface area contributed by atoms with Gasteiger partial charge in [0.1, 0.15) is 0 Å². The van der Waals surface area contributed by atoms with Crippen molar-refractivity contribution in [1.82, 2.24) is 5.32 Å². The summed E-state index contributed by atoms with van der Waals surface area (Å²) in [5, 5.41) is 12.1. The van der Waals surface area contributed by atoms with Crippen LogP contribution in [0.3, 0.4) is 0 Å². The van der Waals surface area contributed by atoms with Gasteiger partial charge in [-0.3, -0.25) is 4.79 Å². The third kappa shape index (κ3) is 3.53. The minimum Gasteiger partial charge on any atom is -0.391 e. The highest BCUT2D eigenvalue weighted by atomic mass is 35.5. The van der Waals surface area contributed by atoms with E-state index >= 15 is 0 Å². The lowest BCUT2D eigenvalue weighted by Crippen LogP contribution is -2.36. The molecule has 1 rings (SSSR count). The maximum Gasteiger partial charge on any atom is 0.224 e. The molecule has 0 bridgehead atoms. The van der Waals surface area contributed by atoms with Gasteiger partial charge in [0.25, 0.3) is 0 Å². The molecule has 76 valence electrons. The zero-order chi connectivity index (χ0) is 9.84. The van der Waals surface area contributed by atoms with Gasteiger partial charge in [0.2, 0.25) is 5.91 Å². The lowest BCUT2D eigenvalue weighted by molar-refractivity contribution is -0.124. The number of aliphatic hydroxyl groups excluding tert-OH is 1. The largest absolute Gasteiger partial charge is 0.391 e. The smallest absolute Gasteiger partial charge is 0.224 e. The third-order valence-corrected chi connectivity index (χ3v) is 2.79. The molecular formula is C9H16ClNO2. The topological polar surface area (TPSA) is 49.3 Å². The van der Waals surface area contributed by atoms with Crippen LogP contribution in [0.1, 0.15) is 19.8 Å². The molecule has 0 aliphatic heterocycles. The van der Waals surface area contributed by atoms with Crippen molar-refractivity contribution in [2.24, 2.45) is 11.8 Å². The molecule has 1 saturated carbocycles. The monoisotopic (exact) mass is 205 g/mol. The molecule has 0 aromatic carbocycles. The van der Waals surface area contributed by atoms with Gasteiger partial charge in [0.15, 0.2) is 0 Å². The first-order valence-electron chi connectivity index (χ1n) is 4.67. The first kappa shape index (κ1) is 10.8. The zero-order valence-electron chi connectivity index (χ0n) is 7.79. The molecule has 0 radical (unpaired) electrons. The van der Waals surface area contributed by atoms with Gasteiger partial charge in [-0.05, 0) is 18.8 Å². The second-order valence-corrected chi connectivity index (χ2v) is 4.01. The van der Waals surface area contributed by atoms with Crippen LogP contribution in [0.2, 0.25) is 0 Å². The van der Waals surface area contributed by atoms with Crippen LogP contribution < -0.4 is 5.32 Å². The summed E-state index contributed by atoms with van der Waals surface area (Å²) in [7, 11) is 0. The normalized spacial score (nSPS) is 20.8. The highest BCUT2D eigenvalue weighted by Gasteiger charge is 2.29. The van der Waals surface area contributed by atoms with Gasteiger partial charge in [-0.25, -0.2) is 0 Å². The van der Waals surface area contributed by atoms with Crippen LogP contribution in [0.5, 0.6) is 0 Å². The van der Waals surface area contributed by atoms with E-state index in [1.165, 1.54) is 0 Å². The molecule has 1 fully saturated rings.